The fraction of sp³-hybridized carbons (Fsp3) is 0.278. The van der Waals surface area contributed by atoms with E-state index < -0.39 is 29.5 Å². The maximum atomic E-state index is 14.4. The number of ether oxygens (including phenoxy) is 1. The van der Waals surface area contributed by atoms with Gasteiger partial charge in [-0.2, -0.15) is 4.98 Å². The van der Waals surface area contributed by atoms with Crippen LogP contribution in [0, 0.1) is 5.82 Å². The number of anilines is 1. The van der Waals surface area contributed by atoms with Gasteiger partial charge >= 0.3 is 5.69 Å². The number of thiophene rings is 1. The number of nitrogens with one attached hydrogen (secondary N) is 1. The lowest BCUT2D eigenvalue weighted by Gasteiger charge is -2.15. The number of rotatable bonds is 4. The molecule has 0 unspecified atom stereocenters. The maximum Gasteiger partial charge on any atom is 0.351 e. The number of aliphatic hydroxyl groups is 1. The molecular weight excluding hydrogens is 373 g/mol. The first-order valence-corrected chi connectivity index (χ1v) is 9.21. The van der Waals surface area contributed by atoms with Gasteiger partial charge in [-0.05, 0) is 30.4 Å². The van der Waals surface area contributed by atoms with E-state index in [1.165, 1.54) is 11.3 Å². The highest BCUT2D eigenvalue weighted by Crippen LogP contribution is 2.28. The zero-order chi connectivity index (χ0) is 19.0. The summed E-state index contributed by atoms with van der Waals surface area (Å²) < 4.78 is 21.9. The third-order valence-electron chi connectivity index (χ3n) is 4.39. The Morgan fingerprint density at radius 2 is 2.22 bits per heavy atom. The van der Waals surface area contributed by atoms with Crippen LogP contribution in [0.4, 0.5) is 10.2 Å². The molecule has 0 saturated carbocycles. The minimum absolute atomic E-state index is 0.162. The molecule has 27 heavy (non-hydrogen) atoms. The number of benzene rings is 1. The number of fused-ring (bicyclic) bond motifs is 1. The summed E-state index contributed by atoms with van der Waals surface area (Å²) in [7, 11) is 0. The summed E-state index contributed by atoms with van der Waals surface area (Å²) in [6.07, 6.45) is 0.959. The van der Waals surface area contributed by atoms with Crippen LogP contribution >= 0.6 is 11.3 Å². The van der Waals surface area contributed by atoms with Crippen LogP contribution in [0.1, 0.15) is 28.7 Å². The maximum absolute atomic E-state index is 14.4. The van der Waals surface area contributed by atoms with E-state index in [1.54, 1.807) is 6.07 Å². The van der Waals surface area contributed by atoms with Crippen molar-refractivity contribution in [1.29, 1.82) is 0 Å². The summed E-state index contributed by atoms with van der Waals surface area (Å²) in [5, 5.41) is 12.4. The second-order valence-corrected chi connectivity index (χ2v) is 7.29. The highest BCUT2D eigenvalue weighted by molar-refractivity contribution is 7.20. The highest BCUT2D eigenvalue weighted by atomic mass is 32.1. The first-order valence-electron chi connectivity index (χ1n) is 8.40. The van der Waals surface area contributed by atoms with Gasteiger partial charge in [-0.15, -0.1) is 11.3 Å². The summed E-state index contributed by atoms with van der Waals surface area (Å²) >= 11 is 1.27. The monoisotopic (exact) mass is 389 g/mol. The van der Waals surface area contributed by atoms with E-state index in [2.05, 4.69) is 10.3 Å². The summed E-state index contributed by atoms with van der Waals surface area (Å²) in [6, 6.07) is 9.20. The van der Waals surface area contributed by atoms with E-state index in [0.29, 0.717) is 17.7 Å². The van der Waals surface area contributed by atoms with Crippen LogP contribution in [-0.4, -0.2) is 33.3 Å². The molecule has 0 aliphatic carbocycles. The van der Waals surface area contributed by atoms with Crippen molar-refractivity contribution in [2.24, 2.45) is 0 Å². The molecule has 4 rings (SSSR count). The number of hydrogen-bond acceptors (Lipinski definition) is 6. The van der Waals surface area contributed by atoms with Crippen molar-refractivity contribution in [3.63, 3.8) is 0 Å². The third kappa shape index (κ3) is 3.48. The summed E-state index contributed by atoms with van der Waals surface area (Å²) in [5.74, 6) is -1.78. The molecule has 1 amide bonds. The number of carbonyl (C=O) groups excluding carboxylic acids is 1. The second kappa shape index (κ2) is 7.18. The topological polar surface area (TPSA) is 93.5 Å². The normalized spacial score (nSPS) is 19.5. The lowest BCUT2D eigenvalue weighted by molar-refractivity contribution is -0.0249. The minimum Gasteiger partial charge on any atom is -0.394 e. The average molecular weight is 389 g/mol. The molecule has 2 N–H and O–H groups in total. The van der Waals surface area contributed by atoms with Crippen molar-refractivity contribution in [3.8, 4) is 0 Å². The van der Waals surface area contributed by atoms with Crippen LogP contribution in [0.25, 0.3) is 10.1 Å². The standard InChI is InChI=1S/C18H16FN3O4S/c19-12-8-22(15-6-5-11(9-23)26-15)18(25)21-16(12)20-17(24)14-7-10-3-1-2-4-13(10)27-14/h1-4,7-8,11,15,23H,5-6,9H2,(H,20,21,24,25)/t11-,15+/m0/s1. The van der Waals surface area contributed by atoms with E-state index in [0.717, 1.165) is 20.9 Å². The molecule has 0 spiro atoms. The van der Waals surface area contributed by atoms with Gasteiger partial charge in [-0.25, -0.2) is 9.18 Å². The van der Waals surface area contributed by atoms with Gasteiger partial charge in [-0.1, -0.05) is 18.2 Å². The molecule has 140 valence electrons. The Hall–Kier alpha value is -2.62. The predicted octanol–water partition coefficient (Wildman–Crippen LogP) is 2.52. The number of hydrogen-bond donors (Lipinski definition) is 2. The molecular formula is C18H16FN3O4S. The molecule has 0 bridgehead atoms. The fourth-order valence-corrected chi connectivity index (χ4v) is 3.99. The molecule has 7 nitrogen and oxygen atoms in total. The van der Waals surface area contributed by atoms with E-state index in [4.69, 9.17) is 9.84 Å². The molecule has 9 heteroatoms. The lowest BCUT2D eigenvalue weighted by atomic mass is 10.2. The number of halogens is 1. The Morgan fingerprint density at radius 1 is 1.41 bits per heavy atom. The van der Waals surface area contributed by atoms with Crippen LogP contribution in [0.2, 0.25) is 0 Å². The summed E-state index contributed by atoms with van der Waals surface area (Å²) in [6.45, 7) is -0.162. The smallest absolute Gasteiger partial charge is 0.351 e. The quantitative estimate of drug-likeness (QED) is 0.715. The fourth-order valence-electron chi connectivity index (χ4n) is 3.03. The zero-order valence-corrected chi connectivity index (χ0v) is 14.9. The molecule has 1 saturated heterocycles. The van der Waals surface area contributed by atoms with Gasteiger partial charge in [-0.3, -0.25) is 9.36 Å². The molecule has 1 aliphatic rings. The van der Waals surface area contributed by atoms with E-state index >= 15 is 0 Å². The molecule has 2 aromatic heterocycles. The first-order chi connectivity index (χ1) is 13.0. The minimum atomic E-state index is -0.833. The van der Waals surface area contributed by atoms with Gasteiger partial charge in [0.05, 0.1) is 23.8 Å². The second-order valence-electron chi connectivity index (χ2n) is 6.20. The van der Waals surface area contributed by atoms with Crippen molar-refractivity contribution >= 4 is 33.1 Å². The first kappa shape index (κ1) is 17.8. The molecule has 1 aromatic carbocycles. The van der Waals surface area contributed by atoms with Gasteiger partial charge in [0.15, 0.2) is 11.6 Å². The van der Waals surface area contributed by atoms with Crippen LogP contribution in [0.5, 0.6) is 0 Å². The molecule has 0 radical (unpaired) electrons. The number of amides is 1. The Balaban J connectivity index is 1.56. The summed E-state index contributed by atoms with van der Waals surface area (Å²) in [5.41, 5.74) is -0.730. The number of carbonyl (C=O) groups is 1. The van der Waals surface area contributed by atoms with Gasteiger partial charge in [0.25, 0.3) is 5.91 Å². The van der Waals surface area contributed by atoms with E-state index in [1.807, 2.05) is 24.3 Å². The molecule has 1 aliphatic heterocycles. The third-order valence-corrected chi connectivity index (χ3v) is 5.50. The number of nitrogens with zero attached hydrogens (tertiary/aromatic N) is 2. The van der Waals surface area contributed by atoms with E-state index in [-0.39, 0.29) is 12.7 Å². The molecule has 3 aromatic rings. The van der Waals surface area contributed by atoms with Crippen LogP contribution in [0.3, 0.4) is 0 Å². The Labute approximate surface area is 157 Å². The van der Waals surface area contributed by atoms with Gasteiger partial charge < -0.3 is 15.2 Å². The Morgan fingerprint density at radius 3 is 2.96 bits per heavy atom. The Kier molecular flexibility index (Phi) is 4.73. The lowest BCUT2D eigenvalue weighted by Crippen LogP contribution is -2.29. The van der Waals surface area contributed by atoms with Crippen molar-refractivity contribution in [2.75, 3.05) is 11.9 Å². The largest absolute Gasteiger partial charge is 0.394 e. The van der Waals surface area contributed by atoms with Crippen molar-refractivity contribution in [1.82, 2.24) is 9.55 Å². The van der Waals surface area contributed by atoms with Crippen LogP contribution in [-0.2, 0) is 4.74 Å². The van der Waals surface area contributed by atoms with Crippen LogP contribution < -0.4 is 11.0 Å². The average Bonchev–Trinajstić information content (AvgIpc) is 3.31. The zero-order valence-electron chi connectivity index (χ0n) is 14.1. The van der Waals surface area contributed by atoms with Crippen molar-refractivity contribution in [2.45, 2.75) is 25.2 Å². The SMILES string of the molecule is O=C(Nc1nc(=O)n([C@H]2CC[C@@H](CO)O2)cc1F)c1cc2ccccc2s1. The van der Waals surface area contributed by atoms with Gasteiger partial charge in [0.1, 0.15) is 6.23 Å². The van der Waals surface area contributed by atoms with Crippen molar-refractivity contribution < 1.29 is 19.0 Å². The molecule has 2 atom stereocenters. The van der Waals surface area contributed by atoms with Gasteiger partial charge in [0.2, 0.25) is 0 Å². The highest BCUT2D eigenvalue weighted by Gasteiger charge is 2.28. The summed E-state index contributed by atoms with van der Waals surface area (Å²) in [4.78, 5) is 28.7. The van der Waals surface area contributed by atoms with E-state index in [9.17, 15) is 14.0 Å². The molecule has 3 heterocycles. The Bertz CT molecular complexity index is 1030. The van der Waals surface area contributed by atoms with Crippen LogP contribution in [0.15, 0.2) is 41.3 Å². The predicted molar refractivity (Wildman–Crippen MR) is 98.5 cm³/mol. The molecule has 1 fully saturated rings. The number of aromatic nitrogens is 2. The van der Waals surface area contributed by atoms with Gasteiger partial charge in [0, 0.05) is 4.70 Å². The van der Waals surface area contributed by atoms with Crippen molar-refractivity contribution in [3.05, 3.63) is 57.7 Å². The number of aliphatic hydroxyl groups excluding tert-OH is 1.